The summed E-state index contributed by atoms with van der Waals surface area (Å²) in [6.07, 6.45) is 5.00. The summed E-state index contributed by atoms with van der Waals surface area (Å²) in [5, 5.41) is 0. The van der Waals surface area contributed by atoms with Crippen LogP contribution in [0.15, 0.2) is 0 Å². The molecule has 0 N–H and O–H groups in total. The summed E-state index contributed by atoms with van der Waals surface area (Å²) < 4.78 is 0. The molecule has 115 heavy (non-hydrogen) atoms. The Morgan fingerprint density at radius 3 is 0.0870 bits per heavy atom. The Kier molecular flexibility index (Phi) is 5560. The molecular formula is C26H67Y89-13. The molecule has 0 saturated carbocycles. The van der Waals surface area contributed by atoms with Gasteiger partial charge in [-0.15, -0.1) is 0 Å². The van der Waals surface area contributed by atoms with Crippen molar-refractivity contribution in [2.45, 2.75) is 81.1 Å². The molecule has 0 aliphatic heterocycles. The van der Waals surface area contributed by atoms with Crippen molar-refractivity contribution in [3.63, 3.8) is 0 Å². The molecule has 0 bridgehead atoms. The first kappa shape index (κ1) is 790. The first-order valence-corrected chi connectivity index (χ1v) is 7.07. The van der Waals surface area contributed by atoms with Crippen LogP contribution in [0.1, 0.15) is 81.1 Å². The van der Waals surface area contributed by atoms with Crippen LogP contribution in [0.5, 0.6) is 0 Å². The van der Waals surface area contributed by atoms with Gasteiger partial charge in [0.2, 0.25) is 0 Å². The second-order valence-corrected chi connectivity index (χ2v) is 4.33. The smallest absolute Gasteiger partial charge is 0 e. The van der Waals surface area contributed by atoms with Crippen LogP contribution in [-0.2, 0) is 2910 Å². The Morgan fingerprint density at radius 1 is 0.0870 bits per heavy atom. The maximum atomic E-state index is 3.44. The van der Waals surface area contributed by atoms with Crippen molar-refractivity contribution in [2.75, 3.05) is 0 Å². The predicted molar refractivity (Wildman–Crippen MR) is 145 cm³/mol. The molecule has 0 amide bonds. The minimum Gasteiger partial charge on any atom is -0.584 e. The summed E-state index contributed by atoms with van der Waals surface area (Å²) in [7, 11) is 0. The molecule has 0 heterocycles. The normalized spacial score (nSPS) is 1.15. The molecule has 0 fully saturated rings. The fraction of sp³-hybridized carbons (Fsp3) is 0.500. The van der Waals surface area contributed by atoms with E-state index >= 15 is 0 Å². The Morgan fingerprint density at radius 2 is 0.0870 bits per heavy atom. The molecule has 0 atom stereocenters. The van der Waals surface area contributed by atoms with E-state index < -0.39 is 5.41 Å². The summed E-state index contributed by atoms with van der Waals surface area (Å²) in [6.45, 7) is 30.8. The van der Waals surface area contributed by atoms with Crippen LogP contribution >= 0.6 is 0 Å². The van der Waals surface area contributed by atoms with Crippen molar-refractivity contribution in [2.24, 2.45) is 5.41 Å². The fourth-order valence-corrected chi connectivity index (χ4v) is 0. The third-order valence-corrected chi connectivity index (χ3v) is 0. The van der Waals surface area contributed by atoms with Gasteiger partial charge < -0.3 is 99.9 Å². The molecule has 0 unspecified atom stereocenters. The van der Waals surface area contributed by atoms with Gasteiger partial charge >= 0.3 is 0 Å². The standard InChI is InChI=1S/C5H8.4C3H8.9CH3.89Y/c1-5(2,3)4;4*1-3-2;;;;;;;;;;;;;;;;;;;;;;;;;;;;;;;;;;;;;;;;;;;;;;;;;;;;;;;;;;;;;;;;;;;;;;;;;;;;;;;;;;;;;;;;;;;;;;;;;;/h1-4H2;4*3H2,1-2H3;9*1H3;;;;;;;;;;;;;;;;;;;;;;;;;;;;;;;;;;;;;;;;;;;;;;;;;;;;;;;;;;;;;;;;;;;;;;;;;;;;;;;;;;;;;;;;;/q-4;;;;;9*-1;;;;;;;;;;;;;;;;;;;;;;;;;;;;;;;;;;;;;;;;;;;;;;;;;;;;;;;;;;;;;;;;;;;;;;;;;;;;;;;;;;;;;;;;;. The third kappa shape index (κ3) is 972. The number of hydrogen-bond acceptors (Lipinski definition) is 0. The van der Waals surface area contributed by atoms with E-state index in [1.54, 1.807) is 0 Å². The van der Waals surface area contributed by atoms with E-state index in [1.807, 2.05) is 0 Å². The average Bonchev–Trinajstić information content (AvgIpc) is 2.04. The molecule has 89 heteroatoms. The second-order valence-electron chi connectivity index (χ2n) is 4.33. The van der Waals surface area contributed by atoms with E-state index in [-0.39, 0.29) is 2980 Å². The fourth-order valence-electron chi connectivity index (χ4n) is 0. The van der Waals surface area contributed by atoms with Crippen LogP contribution in [0.4, 0.5) is 0 Å². The average molecular weight is 8290 g/mol. The maximum Gasteiger partial charge on any atom is 0 e. The topological polar surface area (TPSA) is 0 Å². The number of hydrogen-bond donors (Lipinski definition) is 0. The van der Waals surface area contributed by atoms with E-state index in [0.717, 1.165) is 0 Å². The minimum atomic E-state index is -0.500. The summed E-state index contributed by atoms with van der Waals surface area (Å²) in [5.41, 5.74) is -0.500. The predicted octanol–water partition coefficient (Wildman–Crippen LogP) is 10.8. The van der Waals surface area contributed by atoms with Crippen LogP contribution in [-0.4, -0.2) is 0 Å². The first-order chi connectivity index (χ1) is 7.66. The van der Waals surface area contributed by atoms with Crippen LogP contribution in [0, 0.1) is 99.9 Å². The van der Waals surface area contributed by atoms with E-state index in [0.29, 0.717) is 0 Å². The van der Waals surface area contributed by atoms with Crippen molar-refractivity contribution in [1.82, 2.24) is 0 Å². The molecule has 451 valence electrons. The van der Waals surface area contributed by atoms with Gasteiger partial charge in [-0.3, -0.25) is 0 Å². The summed E-state index contributed by atoms with van der Waals surface area (Å²) >= 11 is 0. The van der Waals surface area contributed by atoms with Crippen LogP contribution in [0.3, 0.4) is 0 Å². The van der Waals surface area contributed by atoms with Crippen LogP contribution in [0.25, 0.3) is 0 Å². The molecule has 0 aromatic carbocycles. The maximum absolute atomic E-state index is 3.44. The van der Waals surface area contributed by atoms with E-state index in [4.69, 9.17) is 0 Å². The minimum absolute atomic E-state index is 0. The molecule has 0 aliphatic carbocycles. The molecule has 0 aliphatic rings. The van der Waals surface area contributed by atoms with E-state index in [1.165, 1.54) is 25.7 Å². The first-order valence-electron chi connectivity index (χ1n) is 7.07. The van der Waals surface area contributed by atoms with Gasteiger partial charge in [0, 0.05) is 2910 Å². The Hall–Kier alpha value is 98.2. The molecule has 0 aromatic heterocycles. The van der Waals surface area contributed by atoms with Gasteiger partial charge in [-0.05, 0) is 0 Å². The Labute approximate surface area is 2970 Å². The second kappa shape index (κ2) is 808. The zero-order valence-corrected chi connectivity index (χ0v) is 327. The summed E-state index contributed by atoms with van der Waals surface area (Å²) in [4.78, 5) is 0. The van der Waals surface area contributed by atoms with Gasteiger partial charge in [0.1, 0.15) is 0 Å². The van der Waals surface area contributed by atoms with Crippen molar-refractivity contribution in [1.29, 1.82) is 0 Å². The molecular weight excluding hydrogens is 8220 g/mol. The van der Waals surface area contributed by atoms with Gasteiger partial charge in [0.15, 0.2) is 0 Å². The molecule has 0 spiro atoms. The molecule has 0 rings (SSSR count). The molecule has 89 radical (unpaired) electrons. The van der Waals surface area contributed by atoms with Crippen molar-refractivity contribution in [3.8, 4) is 0 Å². The van der Waals surface area contributed by atoms with E-state index in [9.17, 15) is 0 Å². The molecule has 0 nitrogen and oxygen atoms in total. The quantitative estimate of drug-likeness (QED) is 0.212. The molecule has 0 aromatic rings. The Balaban J connectivity index is -0.000000000128. The van der Waals surface area contributed by atoms with Crippen molar-refractivity contribution < 1.29 is 2910 Å². The van der Waals surface area contributed by atoms with Gasteiger partial charge in [0.05, 0.1) is 0 Å². The largest absolute Gasteiger partial charge is 0.584 e. The van der Waals surface area contributed by atoms with Crippen molar-refractivity contribution in [3.05, 3.63) is 94.5 Å². The van der Waals surface area contributed by atoms with Gasteiger partial charge in [-0.2, -0.15) is 0 Å². The zero-order valence-electron chi connectivity index (χ0n) is 74.5. The number of rotatable bonds is 0. The third-order valence-electron chi connectivity index (χ3n) is 0. The van der Waals surface area contributed by atoms with E-state index in [2.05, 4.69) is 83.1 Å². The van der Waals surface area contributed by atoms with Gasteiger partial charge in [0.25, 0.3) is 0 Å². The van der Waals surface area contributed by atoms with Crippen LogP contribution < -0.4 is 0 Å². The van der Waals surface area contributed by atoms with Gasteiger partial charge in [-0.1, -0.05) is 81.1 Å². The van der Waals surface area contributed by atoms with Crippen molar-refractivity contribution >= 4 is 0 Å². The summed E-state index contributed by atoms with van der Waals surface area (Å²) in [6, 6.07) is 0. The Bertz CT molecular complexity index is 132. The molecule has 0 saturated heterocycles. The van der Waals surface area contributed by atoms with Gasteiger partial charge in [-0.25, -0.2) is 0 Å². The zero-order chi connectivity index (χ0) is 15.3. The monoisotopic (exact) mass is 8290 g/mol. The SMILES string of the molecule is CCC.CCC.CCC.CCC.[CH2-]C([CH2-])([CH2-])[CH2-].[CH3-].[CH3-].[CH3-].[CH3-].[CH3-].[CH3-].[CH3-].[CH3-].[CH3-].[Y].[Y].[Y].[Y].[Y].[Y].[Y].[Y].[Y].[Y].[Y].[Y].[Y].[Y].[Y].[Y].[Y].[Y].[Y].[Y].[Y].[Y].[Y].[Y].[Y].[Y].[Y].[Y].[Y].[Y].[Y].[Y].[Y].[Y].[Y].[Y].[Y].[Y].[Y].[Y].[Y].[Y].[Y].[Y].[Y].[Y].[Y].[Y].[Y].[Y].[Y].[Y].[Y].[Y].[Y].[Y].[Y].[Y].[Y].[Y].[Y].[Y].[Y].[Y].[Y].[Y].[Y].[Y].[Y].[Y].[Y].[Y].[Y].[Y].[Y].[Y].[Y].[Y].[Y].[Y].[Y].[Y].[Y].[Y].[Y].[Y].[Y].[Y].[Y]. The summed E-state index contributed by atoms with van der Waals surface area (Å²) in [5.74, 6) is 0. The van der Waals surface area contributed by atoms with Crippen LogP contribution in [0.2, 0.25) is 0 Å².